The van der Waals surface area contributed by atoms with E-state index in [0.29, 0.717) is 11.3 Å². The minimum absolute atomic E-state index is 0.103. The molecule has 0 aromatic heterocycles. The van der Waals surface area contributed by atoms with Crippen LogP contribution in [0.4, 0.5) is 17.1 Å². The Kier molecular flexibility index (Phi) is 7.76. The van der Waals surface area contributed by atoms with E-state index < -0.39 is 5.41 Å². The number of hydrogen-bond donors (Lipinski definition) is 0. The highest BCUT2D eigenvalue weighted by Gasteiger charge is 2.46. The van der Waals surface area contributed by atoms with Crippen LogP contribution in [0.15, 0.2) is 249 Å². The molecule has 0 N–H and O–H groups in total. The largest absolute Gasteiger partial charge is 0.310 e. The summed E-state index contributed by atoms with van der Waals surface area (Å²) in [5.41, 5.74) is 12.5. The molecule has 0 spiro atoms. The van der Waals surface area contributed by atoms with Gasteiger partial charge in [0.05, 0.1) is 10.9 Å². The van der Waals surface area contributed by atoms with Gasteiger partial charge in [0, 0.05) is 17.1 Å². The first-order chi connectivity index (χ1) is 31.4. The minimum atomic E-state index is -0.689. The Morgan fingerprint density at radius 2 is 0.833 bits per heavy atom. The van der Waals surface area contributed by atoms with E-state index in [9.17, 15) is 5.48 Å². The highest BCUT2D eigenvalue weighted by atomic mass is 15.1. The van der Waals surface area contributed by atoms with Crippen LogP contribution in [0.5, 0.6) is 0 Å². The van der Waals surface area contributed by atoms with Crippen molar-refractivity contribution in [2.75, 3.05) is 4.90 Å². The topological polar surface area (TPSA) is 3.24 Å². The summed E-state index contributed by atoms with van der Waals surface area (Å²) in [6, 6.07) is 76.6. The average Bonchev–Trinajstić information content (AvgIpc) is 3.66. The van der Waals surface area contributed by atoms with Gasteiger partial charge in [-0.3, -0.25) is 0 Å². The van der Waals surface area contributed by atoms with Crippen LogP contribution in [-0.4, -0.2) is 0 Å². The average molecular weight is 768 g/mol. The molecule has 282 valence electrons. The summed E-state index contributed by atoms with van der Waals surface area (Å²) in [6.45, 7) is 0. The Morgan fingerprint density at radius 1 is 0.300 bits per heavy atom. The second kappa shape index (κ2) is 14.9. The lowest BCUT2D eigenvalue weighted by molar-refractivity contribution is 0.768. The van der Waals surface area contributed by atoms with Crippen LogP contribution in [0.3, 0.4) is 0 Å². The van der Waals surface area contributed by atoms with E-state index in [0.717, 1.165) is 66.5 Å². The van der Waals surface area contributed by atoms with Gasteiger partial charge in [0.25, 0.3) is 0 Å². The smallest absolute Gasteiger partial charge is 0.0714 e. The quantitative estimate of drug-likeness (QED) is 0.149. The maximum Gasteiger partial charge on any atom is 0.0714 e. The molecule has 1 nitrogen and oxygen atoms in total. The molecule has 1 aliphatic rings. The van der Waals surface area contributed by atoms with Crippen LogP contribution in [0.1, 0.15) is 27.7 Å². The third-order valence-electron chi connectivity index (χ3n) is 12.0. The van der Waals surface area contributed by atoms with Gasteiger partial charge in [-0.2, -0.15) is 0 Å². The van der Waals surface area contributed by atoms with Gasteiger partial charge in [0.1, 0.15) is 0 Å². The molecule has 0 bridgehead atoms. The Balaban J connectivity index is 1.16. The highest BCUT2D eigenvalue weighted by Crippen LogP contribution is 2.57. The normalized spacial score (nSPS) is 13.4. The molecule has 0 saturated heterocycles. The molecule has 1 heteroatoms. The number of hydrogen-bond acceptors (Lipinski definition) is 1. The number of nitrogens with zero attached hydrogens (tertiary/aromatic N) is 1. The molecule has 0 fully saturated rings. The molecule has 0 radical (unpaired) electrons. The van der Waals surface area contributed by atoms with Gasteiger partial charge in [0.2, 0.25) is 0 Å². The molecule has 1 aliphatic carbocycles. The molecule has 0 amide bonds. The predicted octanol–water partition coefficient (Wildman–Crippen LogP) is 15.7. The van der Waals surface area contributed by atoms with Crippen LogP contribution in [0, 0.1) is 0 Å². The van der Waals surface area contributed by atoms with Gasteiger partial charge in [-0.25, -0.2) is 0 Å². The third kappa shape index (κ3) is 6.03. The van der Waals surface area contributed by atoms with Gasteiger partial charge < -0.3 is 4.90 Å². The molecule has 0 saturated carbocycles. The van der Waals surface area contributed by atoms with Gasteiger partial charge in [-0.1, -0.05) is 200 Å². The zero-order chi connectivity index (χ0) is 43.4. The van der Waals surface area contributed by atoms with E-state index >= 15 is 0 Å². The lowest BCUT2D eigenvalue weighted by atomic mass is 9.67. The van der Waals surface area contributed by atoms with E-state index in [2.05, 4.69) is 146 Å². The molecule has 0 atom stereocenters. The molecular formula is C59H41N. The maximum absolute atomic E-state index is 9.85. The lowest BCUT2D eigenvalue weighted by Crippen LogP contribution is -2.28. The third-order valence-corrected chi connectivity index (χ3v) is 12.0. The first-order valence-electron chi connectivity index (χ1n) is 22.4. The molecule has 0 aliphatic heterocycles. The van der Waals surface area contributed by atoms with Gasteiger partial charge in [-0.05, 0) is 126 Å². The minimum Gasteiger partial charge on any atom is -0.310 e. The number of fused-ring (bicyclic) bond motifs is 4. The zero-order valence-corrected chi connectivity index (χ0v) is 32.8. The standard InChI is InChI=1S/C59H41N/c1-4-16-42(17-5-1)46-20-14-21-47(38-46)44-32-34-52(35-33-44)60(53-27-15-22-48(40-53)49-31-30-43-18-10-11-19-45(43)39-49)54-36-37-56-55-28-12-13-29-57(55)59(58(56)41-54,50-23-6-2-7-24-50)51-25-8-3-9-26-51/h1-41H/i32D,33D,34D,35D. The summed E-state index contributed by atoms with van der Waals surface area (Å²) in [7, 11) is 0. The van der Waals surface area contributed by atoms with E-state index in [1.54, 1.807) is 0 Å². The number of rotatable bonds is 8. The van der Waals surface area contributed by atoms with Crippen molar-refractivity contribution < 1.29 is 5.48 Å². The molecule has 0 unspecified atom stereocenters. The molecule has 10 aromatic carbocycles. The fourth-order valence-electron chi connectivity index (χ4n) is 9.22. The summed E-state index contributed by atoms with van der Waals surface area (Å²) in [4.78, 5) is 1.93. The van der Waals surface area contributed by atoms with Crippen LogP contribution in [-0.2, 0) is 5.41 Å². The molecule has 60 heavy (non-hydrogen) atoms. The summed E-state index contributed by atoms with van der Waals surface area (Å²) in [5.74, 6) is 0. The second-order valence-electron chi connectivity index (χ2n) is 15.4. The van der Waals surface area contributed by atoms with Crippen molar-refractivity contribution in [3.63, 3.8) is 0 Å². The van der Waals surface area contributed by atoms with Crippen molar-refractivity contribution in [2.24, 2.45) is 0 Å². The van der Waals surface area contributed by atoms with Crippen molar-refractivity contribution in [1.82, 2.24) is 0 Å². The lowest BCUT2D eigenvalue weighted by Gasteiger charge is -2.35. The van der Waals surface area contributed by atoms with Gasteiger partial charge in [-0.15, -0.1) is 0 Å². The van der Waals surface area contributed by atoms with E-state index in [1.165, 1.54) is 5.56 Å². The van der Waals surface area contributed by atoms with Crippen LogP contribution in [0.25, 0.3) is 55.3 Å². The fraction of sp³-hybridized carbons (Fsp3) is 0.0169. The summed E-state index contributed by atoms with van der Waals surface area (Å²) < 4.78 is 39.0. The van der Waals surface area contributed by atoms with Crippen molar-refractivity contribution in [3.8, 4) is 44.5 Å². The van der Waals surface area contributed by atoms with Crippen LogP contribution in [0.2, 0.25) is 0 Å². The summed E-state index contributed by atoms with van der Waals surface area (Å²) in [5, 5.41) is 2.28. The fourth-order valence-corrected chi connectivity index (χ4v) is 9.22. The second-order valence-corrected chi connectivity index (χ2v) is 15.4. The zero-order valence-electron chi connectivity index (χ0n) is 36.8. The van der Waals surface area contributed by atoms with Gasteiger partial charge >= 0.3 is 0 Å². The van der Waals surface area contributed by atoms with Gasteiger partial charge in [0.15, 0.2) is 0 Å². The van der Waals surface area contributed by atoms with Crippen molar-refractivity contribution in [1.29, 1.82) is 0 Å². The molecular weight excluding hydrogens is 723 g/mol. The first kappa shape index (κ1) is 31.3. The van der Waals surface area contributed by atoms with E-state index in [4.69, 9.17) is 0 Å². The Morgan fingerprint density at radius 3 is 1.57 bits per heavy atom. The van der Waals surface area contributed by atoms with Crippen molar-refractivity contribution in [3.05, 3.63) is 271 Å². The van der Waals surface area contributed by atoms with E-state index in [-0.39, 0.29) is 35.4 Å². The van der Waals surface area contributed by atoms with E-state index in [1.807, 2.05) is 83.8 Å². The number of anilines is 3. The summed E-state index contributed by atoms with van der Waals surface area (Å²) >= 11 is 0. The maximum atomic E-state index is 9.85. The van der Waals surface area contributed by atoms with Crippen LogP contribution >= 0.6 is 0 Å². The van der Waals surface area contributed by atoms with Crippen molar-refractivity contribution in [2.45, 2.75) is 5.41 Å². The Hall–Kier alpha value is -7.74. The van der Waals surface area contributed by atoms with Crippen molar-refractivity contribution >= 4 is 27.8 Å². The monoisotopic (exact) mass is 767 g/mol. The first-order valence-corrected chi connectivity index (χ1v) is 20.4. The molecule has 11 rings (SSSR count). The SMILES string of the molecule is [2H]c1c([2H])c(N(c2cccc(-c3ccc4ccccc4c3)c2)c2ccc3c(c2)C(c2ccccc2)(c2ccccc2)c2ccccc2-3)c([2H])c([2H])c1-c1cccc(-c2ccccc2)c1. The molecule has 0 heterocycles. The summed E-state index contributed by atoms with van der Waals surface area (Å²) in [6.07, 6.45) is 0. The number of benzene rings is 10. The Bertz CT molecular complexity index is 3320. The van der Waals surface area contributed by atoms with Crippen LogP contribution < -0.4 is 4.90 Å². The highest BCUT2D eigenvalue weighted by molar-refractivity contribution is 5.91. The molecule has 10 aromatic rings. The Labute approximate surface area is 357 Å². The predicted molar refractivity (Wildman–Crippen MR) is 252 cm³/mol.